The molecule has 1 aromatic heterocycles. The van der Waals surface area contributed by atoms with Crippen LogP contribution in [-0.4, -0.2) is 29.1 Å². The van der Waals surface area contributed by atoms with E-state index in [1.54, 1.807) is 6.92 Å². The number of H-pyrrole nitrogens is 1. The van der Waals surface area contributed by atoms with Crippen LogP contribution in [0.2, 0.25) is 0 Å². The second kappa shape index (κ2) is 4.94. The van der Waals surface area contributed by atoms with Gasteiger partial charge in [0, 0.05) is 31.1 Å². The molecule has 1 aromatic rings. The summed E-state index contributed by atoms with van der Waals surface area (Å²) in [6, 6.07) is 1.41. The predicted octanol–water partition coefficient (Wildman–Crippen LogP) is 0.576. The molecule has 18 heavy (non-hydrogen) atoms. The molecular weight excluding hydrogens is 232 g/mol. The Bertz CT molecular complexity index is 503. The molecule has 0 unspecified atom stereocenters. The topological polar surface area (TPSA) is 82.2 Å². The molecule has 1 fully saturated rings. The summed E-state index contributed by atoms with van der Waals surface area (Å²) in [7, 11) is 0. The fraction of sp³-hybridized carbons (Fsp3) is 0.538. The summed E-state index contributed by atoms with van der Waals surface area (Å²) < 4.78 is 0. The monoisotopic (exact) mass is 250 g/mol. The van der Waals surface area contributed by atoms with Gasteiger partial charge in [-0.15, -0.1) is 0 Å². The molecule has 98 valence electrons. The lowest BCUT2D eigenvalue weighted by Gasteiger charge is -2.14. The molecule has 2 rings (SSSR count). The normalized spacial score (nSPS) is 16.3. The molecule has 0 bridgehead atoms. The zero-order valence-corrected chi connectivity index (χ0v) is 10.5. The molecule has 1 aliphatic carbocycles. The van der Waals surface area contributed by atoms with Crippen molar-refractivity contribution >= 4 is 5.91 Å². The second-order valence-corrected chi connectivity index (χ2v) is 5.05. The van der Waals surface area contributed by atoms with Gasteiger partial charge in [-0.2, -0.15) is 0 Å². The van der Waals surface area contributed by atoms with Gasteiger partial charge in [0.05, 0.1) is 0 Å². The third kappa shape index (κ3) is 2.79. The molecule has 0 radical (unpaired) electrons. The number of amides is 1. The molecule has 1 saturated carbocycles. The van der Waals surface area contributed by atoms with Crippen molar-refractivity contribution in [2.75, 3.05) is 13.2 Å². The van der Waals surface area contributed by atoms with E-state index in [1.165, 1.54) is 12.3 Å². The van der Waals surface area contributed by atoms with Gasteiger partial charge in [0.2, 0.25) is 0 Å². The van der Waals surface area contributed by atoms with Crippen LogP contribution in [0.5, 0.6) is 0 Å². The Hall–Kier alpha value is -1.62. The summed E-state index contributed by atoms with van der Waals surface area (Å²) in [4.78, 5) is 26.3. The summed E-state index contributed by atoms with van der Waals surface area (Å²) in [5.74, 6) is -0.347. The van der Waals surface area contributed by atoms with Gasteiger partial charge in [-0.25, -0.2) is 0 Å². The molecule has 1 heterocycles. The van der Waals surface area contributed by atoms with Crippen LogP contribution in [0.4, 0.5) is 0 Å². The van der Waals surface area contributed by atoms with Crippen LogP contribution in [0.15, 0.2) is 17.1 Å². The fourth-order valence-corrected chi connectivity index (χ4v) is 2.04. The number of pyridine rings is 1. The summed E-state index contributed by atoms with van der Waals surface area (Å²) in [5, 5.41) is 11.7. The maximum Gasteiger partial charge on any atom is 0.256 e. The van der Waals surface area contributed by atoms with Crippen LogP contribution in [0, 0.1) is 12.3 Å². The third-order valence-electron chi connectivity index (χ3n) is 3.53. The van der Waals surface area contributed by atoms with Crippen molar-refractivity contribution in [3.05, 3.63) is 33.7 Å². The molecular formula is C13H18N2O3. The number of hydrogen-bond donors (Lipinski definition) is 3. The van der Waals surface area contributed by atoms with Crippen LogP contribution in [0.3, 0.4) is 0 Å². The van der Waals surface area contributed by atoms with E-state index in [0.29, 0.717) is 13.0 Å². The largest absolute Gasteiger partial charge is 0.396 e. The zero-order chi connectivity index (χ0) is 13.2. The molecule has 0 atom stereocenters. The number of nitrogens with one attached hydrogen (secondary N) is 2. The lowest BCUT2D eigenvalue weighted by molar-refractivity contribution is 0.0939. The quantitative estimate of drug-likeness (QED) is 0.714. The molecule has 0 saturated heterocycles. The molecule has 5 nitrogen and oxygen atoms in total. The summed E-state index contributed by atoms with van der Waals surface area (Å²) >= 11 is 0. The standard InChI is InChI=1S/C13H18N2O3/c1-9-6-11(17)10(7-14-9)12(18)15-8-13(2-3-13)4-5-16/h6-7,16H,2-5,8H2,1H3,(H,14,17)(H,15,18). The lowest BCUT2D eigenvalue weighted by Crippen LogP contribution is -2.33. The van der Waals surface area contributed by atoms with Gasteiger partial charge in [-0.1, -0.05) is 0 Å². The number of aromatic amines is 1. The molecule has 1 aliphatic rings. The van der Waals surface area contributed by atoms with E-state index >= 15 is 0 Å². The van der Waals surface area contributed by atoms with Gasteiger partial charge in [0.25, 0.3) is 5.91 Å². The van der Waals surface area contributed by atoms with Gasteiger partial charge in [0.15, 0.2) is 5.43 Å². The van der Waals surface area contributed by atoms with Crippen molar-refractivity contribution in [1.82, 2.24) is 10.3 Å². The van der Waals surface area contributed by atoms with E-state index in [0.717, 1.165) is 18.5 Å². The van der Waals surface area contributed by atoms with Crippen molar-refractivity contribution < 1.29 is 9.90 Å². The van der Waals surface area contributed by atoms with Crippen LogP contribution in [0.1, 0.15) is 35.3 Å². The number of aliphatic hydroxyl groups is 1. The third-order valence-corrected chi connectivity index (χ3v) is 3.53. The highest BCUT2D eigenvalue weighted by molar-refractivity contribution is 5.93. The van der Waals surface area contributed by atoms with Gasteiger partial charge in [-0.05, 0) is 31.6 Å². The first-order valence-electron chi connectivity index (χ1n) is 6.15. The average Bonchev–Trinajstić information content (AvgIpc) is 3.07. The van der Waals surface area contributed by atoms with Gasteiger partial charge >= 0.3 is 0 Å². The minimum absolute atomic E-state index is 0.0574. The van der Waals surface area contributed by atoms with Crippen molar-refractivity contribution in [3.63, 3.8) is 0 Å². The molecule has 0 spiro atoms. The molecule has 0 aromatic carbocycles. The number of hydrogen-bond acceptors (Lipinski definition) is 3. The van der Waals surface area contributed by atoms with Crippen molar-refractivity contribution in [2.45, 2.75) is 26.2 Å². The highest BCUT2D eigenvalue weighted by Crippen LogP contribution is 2.47. The first kappa shape index (κ1) is 12.8. The Morgan fingerprint density at radius 3 is 2.83 bits per heavy atom. The second-order valence-electron chi connectivity index (χ2n) is 5.05. The number of carbonyl (C=O) groups is 1. The Balaban J connectivity index is 1.98. The summed E-state index contributed by atoms with van der Waals surface area (Å²) in [6.45, 7) is 2.43. The first-order valence-corrected chi connectivity index (χ1v) is 6.15. The minimum Gasteiger partial charge on any atom is -0.396 e. The Morgan fingerprint density at radius 2 is 2.28 bits per heavy atom. The molecule has 3 N–H and O–H groups in total. The number of rotatable bonds is 5. The van der Waals surface area contributed by atoms with E-state index in [-0.39, 0.29) is 28.9 Å². The summed E-state index contributed by atoms with van der Waals surface area (Å²) in [5.41, 5.74) is 0.661. The molecule has 1 amide bonds. The van der Waals surface area contributed by atoms with Crippen molar-refractivity contribution in [3.8, 4) is 0 Å². The molecule has 5 heteroatoms. The maximum absolute atomic E-state index is 11.9. The van der Waals surface area contributed by atoms with Gasteiger partial charge < -0.3 is 15.4 Å². The lowest BCUT2D eigenvalue weighted by atomic mass is 10.0. The number of aromatic nitrogens is 1. The number of aryl methyl sites for hydroxylation is 1. The zero-order valence-electron chi connectivity index (χ0n) is 10.5. The SMILES string of the molecule is Cc1cc(=O)c(C(=O)NCC2(CCO)CC2)c[nH]1. The van der Waals surface area contributed by atoms with Crippen molar-refractivity contribution in [2.24, 2.45) is 5.41 Å². The first-order chi connectivity index (χ1) is 8.56. The van der Waals surface area contributed by atoms with E-state index in [2.05, 4.69) is 10.3 Å². The van der Waals surface area contributed by atoms with E-state index < -0.39 is 0 Å². The van der Waals surface area contributed by atoms with Crippen LogP contribution in [-0.2, 0) is 0 Å². The summed E-state index contributed by atoms with van der Waals surface area (Å²) in [6.07, 6.45) is 4.20. The Morgan fingerprint density at radius 1 is 1.56 bits per heavy atom. The smallest absolute Gasteiger partial charge is 0.256 e. The molecule has 0 aliphatic heterocycles. The van der Waals surface area contributed by atoms with E-state index in [9.17, 15) is 9.59 Å². The average molecular weight is 250 g/mol. The van der Waals surface area contributed by atoms with Gasteiger partial charge in [-0.3, -0.25) is 9.59 Å². The fourth-order valence-electron chi connectivity index (χ4n) is 2.04. The highest BCUT2D eigenvalue weighted by Gasteiger charge is 2.41. The minimum atomic E-state index is -0.347. The van der Waals surface area contributed by atoms with Crippen LogP contribution < -0.4 is 10.7 Å². The number of aliphatic hydroxyl groups excluding tert-OH is 1. The Labute approximate surface area is 105 Å². The maximum atomic E-state index is 11.9. The van der Waals surface area contributed by atoms with Crippen molar-refractivity contribution in [1.29, 1.82) is 0 Å². The van der Waals surface area contributed by atoms with E-state index in [4.69, 9.17) is 5.11 Å². The van der Waals surface area contributed by atoms with Crippen LogP contribution >= 0.6 is 0 Å². The highest BCUT2D eigenvalue weighted by atomic mass is 16.3. The van der Waals surface area contributed by atoms with Crippen LogP contribution in [0.25, 0.3) is 0 Å². The van der Waals surface area contributed by atoms with E-state index in [1.807, 2.05) is 0 Å². The predicted molar refractivity (Wildman–Crippen MR) is 67.5 cm³/mol. The Kier molecular flexibility index (Phi) is 3.52. The van der Waals surface area contributed by atoms with Gasteiger partial charge in [0.1, 0.15) is 5.56 Å². The number of carbonyl (C=O) groups excluding carboxylic acids is 1.